The molecule has 0 aliphatic carbocycles. The molecule has 0 radical (unpaired) electrons. The molecule has 2 nitrogen and oxygen atoms in total. The quantitative estimate of drug-likeness (QED) is 0.616. The van der Waals surface area contributed by atoms with Crippen molar-refractivity contribution in [2.24, 2.45) is 7.05 Å². The van der Waals surface area contributed by atoms with Crippen LogP contribution in [0.25, 0.3) is 17.0 Å². The van der Waals surface area contributed by atoms with Crippen molar-refractivity contribution in [1.29, 1.82) is 0 Å². The predicted octanol–water partition coefficient (Wildman–Crippen LogP) is 4.90. The van der Waals surface area contributed by atoms with Crippen molar-refractivity contribution in [2.45, 2.75) is 18.7 Å². The van der Waals surface area contributed by atoms with Crippen molar-refractivity contribution in [3.63, 3.8) is 0 Å². The number of para-hydroxylation sites is 1. The SMILES string of the molecule is CCN1C(=Cc2ccc3ccccc3[n+]2C)Sc2cc(C)ccc21. The molecule has 2 heterocycles. The summed E-state index contributed by atoms with van der Waals surface area (Å²) in [7, 11) is 2.14. The second-order valence-electron chi connectivity index (χ2n) is 6.18. The largest absolute Gasteiger partial charge is 0.335 e. The maximum Gasteiger partial charge on any atom is 0.212 e. The monoisotopic (exact) mass is 333 g/mol. The van der Waals surface area contributed by atoms with Crippen LogP contribution < -0.4 is 9.47 Å². The van der Waals surface area contributed by atoms with Gasteiger partial charge in [0.05, 0.1) is 10.7 Å². The molecular formula is C21H21N2S+. The van der Waals surface area contributed by atoms with Crippen molar-refractivity contribution in [3.05, 3.63) is 70.9 Å². The lowest BCUT2D eigenvalue weighted by Crippen LogP contribution is -2.33. The highest BCUT2D eigenvalue weighted by Crippen LogP contribution is 2.46. The summed E-state index contributed by atoms with van der Waals surface area (Å²) >= 11 is 1.87. The zero-order valence-electron chi connectivity index (χ0n) is 14.3. The zero-order valence-corrected chi connectivity index (χ0v) is 15.1. The summed E-state index contributed by atoms with van der Waals surface area (Å²) in [5.41, 5.74) is 5.11. The van der Waals surface area contributed by atoms with E-state index >= 15 is 0 Å². The van der Waals surface area contributed by atoms with Crippen LogP contribution in [0.2, 0.25) is 0 Å². The van der Waals surface area contributed by atoms with Gasteiger partial charge in [-0.1, -0.05) is 30.0 Å². The van der Waals surface area contributed by atoms with E-state index < -0.39 is 0 Å². The third-order valence-corrected chi connectivity index (χ3v) is 5.69. The van der Waals surface area contributed by atoms with Crippen LogP contribution in [-0.4, -0.2) is 6.54 Å². The van der Waals surface area contributed by atoms with Gasteiger partial charge in [-0.3, -0.25) is 0 Å². The Hall–Kier alpha value is -2.26. The number of hydrogen-bond donors (Lipinski definition) is 0. The van der Waals surface area contributed by atoms with E-state index in [4.69, 9.17) is 0 Å². The molecule has 0 fully saturated rings. The van der Waals surface area contributed by atoms with E-state index in [1.807, 2.05) is 11.8 Å². The predicted molar refractivity (Wildman–Crippen MR) is 103 cm³/mol. The van der Waals surface area contributed by atoms with Gasteiger partial charge in [-0.25, -0.2) is 0 Å². The molecule has 24 heavy (non-hydrogen) atoms. The summed E-state index contributed by atoms with van der Waals surface area (Å²) in [5.74, 6) is 0. The highest BCUT2D eigenvalue weighted by atomic mass is 32.2. The fraction of sp³-hybridized carbons (Fsp3) is 0.190. The molecule has 120 valence electrons. The molecule has 3 aromatic rings. The summed E-state index contributed by atoms with van der Waals surface area (Å²) in [4.78, 5) is 3.75. The first-order valence-corrected chi connectivity index (χ1v) is 9.14. The maximum atomic E-state index is 2.40. The molecule has 0 N–H and O–H groups in total. The van der Waals surface area contributed by atoms with Crippen LogP contribution in [0, 0.1) is 6.92 Å². The number of pyridine rings is 1. The molecule has 0 amide bonds. The Kier molecular flexibility index (Phi) is 3.81. The molecular weight excluding hydrogens is 312 g/mol. The number of fused-ring (bicyclic) bond motifs is 2. The van der Waals surface area contributed by atoms with Gasteiger partial charge in [-0.05, 0) is 43.7 Å². The van der Waals surface area contributed by atoms with E-state index in [1.165, 1.54) is 37.8 Å². The Labute approximate surface area is 147 Å². The van der Waals surface area contributed by atoms with Gasteiger partial charge >= 0.3 is 0 Å². The molecule has 1 aromatic heterocycles. The summed E-state index contributed by atoms with van der Waals surface area (Å²) in [6.45, 7) is 5.35. The number of benzene rings is 2. The summed E-state index contributed by atoms with van der Waals surface area (Å²) < 4.78 is 2.27. The van der Waals surface area contributed by atoms with Gasteiger partial charge in [0.15, 0.2) is 0 Å². The molecule has 3 heteroatoms. The van der Waals surface area contributed by atoms with Gasteiger partial charge in [-0.2, -0.15) is 4.57 Å². The number of thioether (sulfide) groups is 1. The summed E-state index contributed by atoms with van der Waals surface area (Å²) in [6.07, 6.45) is 2.30. The van der Waals surface area contributed by atoms with E-state index in [1.54, 1.807) is 0 Å². The van der Waals surface area contributed by atoms with Crippen LogP contribution in [0.1, 0.15) is 18.2 Å². The Morgan fingerprint density at radius 2 is 1.92 bits per heavy atom. The number of nitrogens with zero attached hydrogens (tertiary/aromatic N) is 2. The van der Waals surface area contributed by atoms with Gasteiger partial charge in [0, 0.05) is 35.0 Å². The Balaban J connectivity index is 1.80. The molecule has 0 spiro atoms. The van der Waals surface area contributed by atoms with Crippen molar-refractivity contribution < 1.29 is 4.57 Å². The van der Waals surface area contributed by atoms with Crippen LogP contribution >= 0.6 is 11.8 Å². The summed E-state index contributed by atoms with van der Waals surface area (Å²) in [5, 5.41) is 2.57. The van der Waals surface area contributed by atoms with Gasteiger partial charge in [0.1, 0.15) is 7.05 Å². The Morgan fingerprint density at radius 3 is 2.75 bits per heavy atom. The Bertz CT molecular complexity index is 959. The first-order chi connectivity index (χ1) is 11.7. The molecule has 0 saturated heterocycles. The lowest BCUT2D eigenvalue weighted by Gasteiger charge is -2.17. The van der Waals surface area contributed by atoms with Crippen LogP contribution in [0.5, 0.6) is 0 Å². The normalized spacial score (nSPS) is 15.3. The molecule has 1 aliphatic heterocycles. The van der Waals surface area contributed by atoms with E-state index in [0.29, 0.717) is 0 Å². The molecule has 0 unspecified atom stereocenters. The van der Waals surface area contributed by atoms with Crippen LogP contribution in [-0.2, 0) is 7.05 Å². The van der Waals surface area contributed by atoms with Gasteiger partial charge < -0.3 is 4.90 Å². The number of anilines is 1. The topological polar surface area (TPSA) is 7.12 Å². The van der Waals surface area contributed by atoms with Gasteiger partial charge in [0.2, 0.25) is 11.2 Å². The third-order valence-electron chi connectivity index (χ3n) is 4.59. The third kappa shape index (κ3) is 2.49. The molecule has 0 atom stereocenters. The van der Waals surface area contributed by atoms with E-state index in [-0.39, 0.29) is 0 Å². The average Bonchev–Trinajstić information content (AvgIpc) is 2.93. The smallest absolute Gasteiger partial charge is 0.212 e. The van der Waals surface area contributed by atoms with E-state index in [9.17, 15) is 0 Å². The van der Waals surface area contributed by atoms with Crippen LogP contribution in [0.3, 0.4) is 0 Å². The molecule has 0 bridgehead atoms. The first kappa shape index (κ1) is 15.3. The van der Waals surface area contributed by atoms with Crippen LogP contribution in [0.4, 0.5) is 5.69 Å². The number of aryl methyl sites for hydroxylation is 2. The minimum absolute atomic E-state index is 0.978. The fourth-order valence-electron chi connectivity index (χ4n) is 3.28. The second-order valence-corrected chi connectivity index (χ2v) is 7.24. The molecule has 1 aliphatic rings. The fourth-order valence-corrected chi connectivity index (χ4v) is 4.55. The number of aromatic nitrogens is 1. The van der Waals surface area contributed by atoms with Crippen molar-refractivity contribution >= 4 is 34.4 Å². The highest BCUT2D eigenvalue weighted by Gasteiger charge is 2.25. The minimum atomic E-state index is 0.978. The van der Waals surface area contributed by atoms with Crippen LogP contribution in [0.15, 0.2) is 64.5 Å². The summed E-state index contributed by atoms with van der Waals surface area (Å²) in [6, 6.07) is 19.6. The lowest BCUT2D eigenvalue weighted by molar-refractivity contribution is -0.646. The minimum Gasteiger partial charge on any atom is -0.335 e. The lowest BCUT2D eigenvalue weighted by atomic mass is 10.2. The molecule has 4 rings (SSSR count). The molecule has 0 saturated carbocycles. The van der Waals surface area contributed by atoms with Crippen molar-refractivity contribution in [1.82, 2.24) is 0 Å². The number of rotatable bonds is 2. The molecule has 2 aromatic carbocycles. The van der Waals surface area contributed by atoms with Crippen molar-refractivity contribution in [2.75, 3.05) is 11.4 Å². The maximum absolute atomic E-state index is 2.40. The second kappa shape index (κ2) is 5.99. The average molecular weight is 333 g/mol. The number of hydrogen-bond acceptors (Lipinski definition) is 2. The van der Waals surface area contributed by atoms with Gasteiger partial charge in [0.25, 0.3) is 0 Å². The first-order valence-electron chi connectivity index (χ1n) is 8.33. The van der Waals surface area contributed by atoms with Crippen molar-refractivity contribution in [3.8, 4) is 0 Å². The van der Waals surface area contributed by atoms with Gasteiger partial charge in [-0.15, -0.1) is 0 Å². The standard InChI is InChI=1S/C21H21N2S/c1-4-23-19-12-9-15(2)13-20(19)24-21(23)14-17-11-10-16-7-5-6-8-18(16)22(17)3/h5-14H,4H2,1-3H3/q+1. The zero-order chi connectivity index (χ0) is 16.7. The van der Waals surface area contributed by atoms with E-state index in [0.717, 1.165) is 6.54 Å². The van der Waals surface area contributed by atoms with E-state index in [2.05, 4.69) is 91.0 Å². The highest BCUT2D eigenvalue weighted by molar-refractivity contribution is 8.03. The Morgan fingerprint density at radius 1 is 1.08 bits per heavy atom.